The van der Waals surface area contributed by atoms with Crippen molar-refractivity contribution in [2.45, 2.75) is 31.9 Å². The van der Waals surface area contributed by atoms with Gasteiger partial charge in [0.05, 0.1) is 0 Å². The highest BCUT2D eigenvalue weighted by atomic mass is 19.1. The van der Waals surface area contributed by atoms with Crippen molar-refractivity contribution >= 4 is 12.6 Å². The summed E-state index contributed by atoms with van der Waals surface area (Å²) in [4.78, 5) is 20.5. The molecule has 0 heterocycles. The predicted octanol–water partition coefficient (Wildman–Crippen LogP) is 1.53. The Morgan fingerprint density at radius 2 is 2.08 bits per heavy atom. The summed E-state index contributed by atoms with van der Waals surface area (Å²) in [5.74, 6) is -0.544. The van der Waals surface area contributed by atoms with Gasteiger partial charge in [0, 0.05) is 18.3 Å². The predicted molar refractivity (Wildman–Crippen MR) is 42.5 cm³/mol. The zero-order valence-corrected chi connectivity index (χ0v) is 7.13. The third-order valence-electron chi connectivity index (χ3n) is 2.64. The molecule has 0 saturated heterocycles. The zero-order valence-electron chi connectivity index (χ0n) is 7.13. The molecule has 0 aromatic rings. The molecule has 1 aliphatic carbocycles. The van der Waals surface area contributed by atoms with Crippen LogP contribution >= 0.6 is 0 Å². The van der Waals surface area contributed by atoms with E-state index in [1.54, 1.807) is 0 Å². The Morgan fingerprint density at radius 3 is 2.50 bits per heavy atom. The van der Waals surface area contributed by atoms with Crippen molar-refractivity contribution < 1.29 is 14.0 Å². The van der Waals surface area contributed by atoms with Gasteiger partial charge in [-0.05, 0) is 6.42 Å². The largest absolute Gasteiger partial charge is 0.303 e. The van der Waals surface area contributed by atoms with Crippen LogP contribution in [0.4, 0.5) is 4.39 Å². The molecule has 0 N–H and O–H groups in total. The van der Waals surface area contributed by atoms with Crippen molar-refractivity contribution in [2.24, 2.45) is 11.8 Å². The third-order valence-corrected chi connectivity index (χ3v) is 2.64. The lowest BCUT2D eigenvalue weighted by Crippen LogP contribution is -2.07. The SMILES string of the molecule is CCCC1[C@H](CC=O)[C@@]1(F)C=O. The van der Waals surface area contributed by atoms with E-state index in [9.17, 15) is 14.0 Å². The summed E-state index contributed by atoms with van der Waals surface area (Å²) in [5, 5.41) is 0. The third kappa shape index (κ3) is 1.28. The minimum absolute atomic E-state index is 0.180. The van der Waals surface area contributed by atoms with E-state index >= 15 is 0 Å². The number of hydrogen-bond donors (Lipinski definition) is 0. The summed E-state index contributed by atoms with van der Waals surface area (Å²) < 4.78 is 13.4. The summed E-state index contributed by atoms with van der Waals surface area (Å²) >= 11 is 0. The average Bonchev–Trinajstić information content (AvgIpc) is 2.61. The molecule has 0 spiro atoms. The fourth-order valence-corrected chi connectivity index (χ4v) is 1.88. The first-order valence-electron chi connectivity index (χ1n) is 4.29. The lowest BCUT2D eigenvalue weighted by molar-refractivity contribution is -0.114. The summed E-state index contributed by atoms with van der Waals surface area (Å²) in [6, 6.07) is 0. The van der Waals surface area contributed by atoms with Gasteiger partial charge in [0.15, 0.2) is 12.0 Å². The molecule has 1 unspecified atom stereocenters. The van der Waals surface area contributed by atoms with Crippen LogP contribution in [0.3, 0.4) is 0 Å². The van der Waals surface area contributed by atoms with E-state index < -0.39 is 5.67 Å². The van der Waals surface area contributed by atoms with Crippen LogP contribution in [0, 0.1) is 11.8 Å². The van der Waals surface area contributed by atoms with E-state index in [2.05, 4.69) is 0 Å². The Labute approximate surface area is 71.1 Å². The van der Waals surface area contributed by atoms with Gasteiger partial charge < -0.3 is 4.79 Å². The molecule has 0 aromatic carbocycles. The molecule has 1 rings (SSSR count). The maximum atomic E-state index is 13.4. The second-order valence-corrected chi connectivity index (χ2v) is 3.35. The molecular weight excluding hydrogens is 159 g/mol. The van der Waals surface area contributed by atoms with Crippen molar-refractivity contribution in [1.82, 2.24) is 0 Å². The standard InChI is InChI=1S/C9H13FO2/c1-2-3-7-8(4-5-11)9(7,10)6-12/h5-8H,2-4H2,1H3/t7?,8-,9+/m0/s1. The van der Waals surface area contributed by atoms with Gasteiger partial charge in [-0.25, -0.2) is 4.39 Å². The number of halogens is 1. The smallest absolute Gasteiger partial charge is 0.172 e. The molecule has 3 atom stereocenters. The highest BCUT2D eigenvalue weighted by Gasteiger charge is 2.65. The average molecular weight is 172 g/mol. The van der Waals surface area contributed by atoms with Crippen molar-refractivity contribution in [3.63, 3.8) is 0 Å². The second-order valence-electron chi connectivity index (χ2n) is 3.35. The first-order valence-corrected chi connectivity index (χ1v) is 4.29. The number of carbonyl (C=O) groups is 2. The van der Waals surface area contributed by atoms with Crippen LogP contribution in [0.15, 0.2) is 0 Å². The Kier molecular flexibility index (Phi) is 2.60. The normalized spacial score (nSPS) is 39.2. The van der Waals surface area contributed by atoms with Gasteiger partial charge in [0.1, 0.15) is 6.29 Å². The van der Waals surface area contributed by atoms with Gasteiger partial charge in [-0.15, -0.1) is 0 Å². The fraction of sp³-hybridized carbons (Fsp3) is 0.778. The van der Waals surface area contributed by atoms with E-state index in [-0.39, 0.29) is 18.3 Å². The van der Waals surface area contributed by atoms with Crippen LogP contribution in [-0.2, 0) is 9.59 Å². The Balaban J connectivity index is 2.53. The van der Waals surface area contributed by atoms with E-state index in [1.165, 1.54) is 0 Å². The lowest BCUT2D eigenvalue weighted by Gasteiger charge is -1.93. The van der Waals surface area contributed by atoms with Gasteiger partial charge in [0.25, 0.3) is 0 Å². The molecule has 3 heteroatoms. The molecule has 0 bridgehead atoms. The van der Waals surface area contributed by atoms with E-state index in [0.717, 1.165) is 6.42 Å². The zero-order chi connectivity index (χ0) is 9.19. The Bertz CT molecular complexity index is 193. The molecule has 1 fully saturated rings. The van der Waals surface area contributed by atoms with Crippen molar-refractivity contribution in [3.8, 4) is 0 Å². The maximum absolute atomic E-state index is 13.4. The minimum atomic E-state index is -1.68. The van der Waals surface area contributed by atoms with E-state index in [4.69, 9.17) is 0 Å². The summed E-state index contributed by atoms with van der Waals surface area (Å²) in [5.41, 5.74) is -1.68. The van der Waals surface area contributed by atoms with Gasteiger partial charge in [0.2, 0.25) is 0 Å². The number of aldehydes is 2. The number of hydrogen-bond acceptors (Lipinski definition) is 2. The molecule has 2 nitrogen and oxygen atoms in total. The lowest BCUT2D eigenvalue weighted by atomic mass is 10.2. The van der Waals surface area contributed by atoms with Crippen LogP contribution in [0.1, 0.15) is 26.2 Å². The second kappa shape index (κ2) is 3.33. The Hall–Kier alpha value is -0.730. The van der Waals surface area contributed by atoms with Crippen molar-refractivity contribution in [1.29, 1.82) is 0 Å². The monoisotopic (exact) mass is 172 g/mol. The summed E-state index contributed by atoms with van der Waals surface area (Å²) in [6.45, 7) is 1.95. The summed E-state index contributed by atoms with van der Waals surface area (Å²) in [6.07, 6.45) is 2.80. The quantitative estimate of drug-likeness (QED) is 0.589. The minimum Gasteiger partial charge on any atom is -0.303 e. The fourth-order valence-electron chi connectivity index (χ4n) is 1.88. The molecule has 0 aliphatic heterocycles. The number of rotatable bonds is 5. The van der Waals surface area contributed by atoms with Gasteiger partial charge in [-0.2, -0.15) is 0 Å². The molecule has 0 amide bonds. The van der Waals surface area contributed by atoms with Gasteiger partial charge >= 0.3 is 0 Å². The highest BCUT2D eigenvalue weighted by Crippen LogP contribution is 2.56. The van der Waals surface area contributed by atoms with Crippen molar-refractivity contribution in [3.05, 3.63) is 0 Å². The van der Waals surface area contributed by atoms with E-state index in [1.807, 2.05) is 6.92 Å². The van der Waals surface area contributed by atoms with Crippen LogP contribution in [0.5, 0.6) is 0 Å². The van der Waals surface area contributed by atoms with Gasteiger partial charge in [-0.3, -0.25) is 4.79 Å². The summed E-state index contributed by atoms with van der Waals surface area (Å²) in [7, 11) is 0. The van der Waals surface area contributed by atoms with Gasteiger partial charge in [-0.1, -0.05) is 13.3 Å². The number of carbonyl (C=O) groups excluding carboxylic acids is 2. The molecule has 1 aliphatic rings. The maximum Gasteiger partial charge on any atom is 0.172 e. The van der Waals surface area contributed by atoms with Crippen LogP contribution in [0.2, 0.25) is 0 Å². The topological polar surface area (TPSA) is 34.1 Å². The molecular formula is C9H13FO2. The first-order chi connectivity index (χ1) is 5.70. The van der Waals surface area contributed by atoms with E-state index in [0.29, 0.717) is 19.0 Å². The molecule has 68 valence electrons. The van der Waals surface area contributed by atoms with Crippen LogP contribution in [-0.4, -0.2) is 18.2 Å². The van der Waals surface area contributed by atoms with Crippen LogP contribution < -0.4 is 0 Å². The highest BCUT2D eigenvalue weighted by molar-refractivity contribution is 5.71. The molecule has 1 saturated carbocycles. The molecule has 0 aromatic heterocycles. The van der Waals surface area contributed by atoms with Crippen molar-refractivity contribution in [2.75, 3.05) is 0 Å². The number of alkyl halides is 1. The van der Waals surface area contributed by atoms with Crippen LogP contribution in [0.25, 0.3) is 0 Å². The molecule has 0 radical (unpaired) electrons. The Morgan fingerprint density at radius 1 is 1.42 bits per heavy atom. The first kappa shape index (κ1) is 9.36. The molecule has 12 heavy (non-hydrogen) atoms.